The monoisotopic (exact) mass is 280 g/mol. The summed E-state index contributed by atoms with van der Waals surface area (Å²) in [6.07, 6.45) is 3.04. The van der Waals surface area contributed by atoms with Gasteiger partial charge in [-0.25, -0.2) is 0 Å². The molecule has 0 bridgehead atoms. The van der Waals surface area contributed by atoms with E-state index in [1.807, 2.05) is 6.92 Å². The second-order valence-electron chi connectivity index (χ2n) is 4.18. The van der Waals surface area contributed by atoms with E-state index in [0.29, 0.717) is 5.25 Å². The molecule has 94 valence electrons. The first-order valence-corrected chi connectivity index (χ1v) is 6.96. The van der Waals surface area contributed by atoms with Crippen molar-refractivity contribution in [1.29, 1.82) is 5.26 Å². The number of hydrogen-bond acceptors (Lipinski definition) is 6. The van der Waals surface area contributed by atoms with Crippen LogP contribution in [0.2, 0.25) is 0 Å². The van der Waals surface area contributed by atoms with Crippen molar-refractivity contribution in [3.05, 3.63) is 22.3 Å². The van der Waals surface area contributed by atoms with Crippen LogP contribution >= 0.6 is 24.6 Å². The molecule has 1 heterocycles. The van der Waals surface area contributed by atoms with Gasteiger partial charge in [0.05, 0.1) is 5.57 Å². The molecule has 18 heavy (non-hydrogen) atoms. The molecular weight excluding hydrogens is 268 g/mol. The van der Waals surface area contributed by atoms with Crippen molar-refractivity contribution < 1.29 is 9.59 Å². The summed E-state index contributed by atoms with van der Waals surface area (Å²) >= 11 is 5.43. The molecule has 1 fully saturated rings. The Labute approximate surface area is 115 Å². The van der Waals surface area contributed by atoms with E-state index >= 15 is 0 Å². The van der Waals surface area contributed by atoms with Crippen LogP contribution in [0, 0.1) is 17.2 Å². The van der Waals surface area contributed by atoms with Crippen LogP contribution in [0.3, 0.4) is 0 Å². The summed E-state index contributed by atoms with van der Waals surface area (Å²) in [7, 11) is 0. The second-order valence-corrected chi connectivity index (χ2v) is 5.69. The lowest BCUT2D eigenvalue weighted by molar-refractivity contribution is -0.117. The molecule has 0 aromatic rings. The molecule has 2 rings (SSSR count). The molecule has 0 saturated carbocycles. The van der Waals surface area contributed by atoms with Gasteiger partial charge in [-0.3, -0.25) is 9.59 Å². The number of carbonyl (C=O) groups is 2. The Morgan fingerprint density at radius 2 is 2.39 bits per heavy atom. The van der Waals surface area contributed by atoms with Gasteiger partial charge in [-0.15, -0.1) is 11.8 Å². The first kappa shape index (κ1) is 13.2. The van der Waals surface area contributed by atoms with Crippen LogP contribution < -0.4 is 4.72 Å². The zero-order valence-electron chi connectivity index (χ0n) is 9.77. The summed E-state index contributed by atoms with van der Waals surface area (Å²) in [4.78, 5) is 24.9. The first-order chi connectivity index (χ1) is 8.63. The van der Waals surface area contributed by atoms with Crippen LogP contribution in [0.15, 0.2) is 22.3 Å². The fraction of sp³-hybridized carbons (Fsp3) is 0.417. The average Bonchev–Trinajstić information content (AvgIpc) is 3.05. The third-order valence-electron chi connectivity index (χ3n) is 3.21. The minimum absolute atomic E-state index is 0.124. The Kier molecular flexibility index (Phi) is 3.83. The number of allylic oxidation sites excluding steroid dienone is 2. The number of ketones is 2. The third kappa shape index (κ3) is 2.20. The van der Waals surface area contributed by atoms with Crippen LogP contribution in [0.4, 0.5) is 0 Å². The van der Waals surface area contributed by atoms with Crippen molar-refractivity contribution in [3.63, 3.8) is 0 Å². The largest absolute Gasteiger partial charge is 0.338 e. The summed E-state index contributed by atoms with van der Waals surface area (Å²) < 4.78 is 2.36. The van der Waals surface area contributed by atoms with Crippen LogP contribution in [0.1, 0.15) is 19.8 Å². The van der Waals surface area contributed by atoms with E-state index in [1.54, 1.807) is 11.8 Å². The molecule has 2 atom stereocenters. The van der Waals surface area contributed by atoms with Gasteiger partial charge in [0.1, 0.15) is 6.07 Å². The number of Topliss-reactive ketones (excluding diaryl/α,β-unsaturated/α-hetero) is 2. The molecule has 1 aliphatic heterocycles. The van der Waals surface area contributed by atoms with Crippen LogP contribution in [0.5, 0.6) is 0 Å². The van der Waals surface area contributed by atoms with Gasteiger partial charge in [0.2, 0.25) is 0 Å². The minimum Gasteiger partial charge on any atom is -0.338 e. The highest BCUT2D eigenvalue weighted by Gasteiger charge is 2.47. The molecule has 6 heteroatoms. The number of thiol groups is 1. The van der Waals surface area contributed by atoms with E-state index in [0.717, 1.165) is 23.3 Å². The molecule has 0 aromatic carbocycles. The molecule has 1 saturated heterocycles. The third-order valence-corrected chi connectivity index (χ3v) is 4.56. The van der Waals surface area contributed by atoms with E-state index in [2.05, 4.69) is 17.5 Å². The predicted molar refractivity (Wildman–Crippen MR) is 72.6 cm³/mol. The van der Waals surface area contributed by atoms with Gasteiger partial charge in [-0.05, 0) is 18.8 Å². The van der Waals surface area contributed by atoms with Crippen LogP contribution in [-0.4, -0.2) is 16.8 Å². The van der Waals surface area contributed by atoms with Gasteiger partial charge >= 0.3 is 0 Å². The Hall–Kier alpha value is -1.19. The van der Waals surface area contributed by atoms with Gasteiger partial charge < -0.3 is 4.72 Å². The average molecular weight is 280 g/mol. The Bertz CT molecular complexity index is 517. The number of rotatable bonds is 5. The maximum Gasteiger partial charge on any atom is 0.267 e. The molecular formula is C12H12N2O2S2. The number of carbonyl (C=O) groups excluding carboxylic acids is 2. The standard InChI is InChI=1S/C12H12N2O2S2/c1-2-6-3-9-12(18-9)10(6)11(16)7(5-14-17)8(15)4-13/h5-6,9,14,17H,2-3H2,1H3/b7-5-. The minimum atomic E-state index is -0.821. The topological polar surface area (TPSA) is 70.0 Å². The van der Waals surface area contributed by atoms with Crippen molar-refractivity contribution in [2.75, 3.05) is 0 Å². The van der Waals surface area contributed by atoms with Gasteiger partial charge in [-0.1, -0.05) is 19.7 Å². The van der Waals surface area contributed by atoms with E-state index < -0.39 is 5.78 Å². The summed E-state index contributed by atoms with van der Waals surface area (Å²) in [6, 6.07) is 1.48. The number of nitrogens with zero attached hydrogens (tertiary/aromatic N) is 1. The maximum atomic E-state index is 12.4. The molecule has 0 aromatic heterocycles. The van der Waals surface area contributed by atoms with Crippen molar-refractivity contribution in [2.45, 2.75) is 25.0 Å². The smallest absolute Gasteiger partial charge is 0.267 e. The predicted octanol–water partition coefficient (Wildman–Crippen LogP) is 1.77. The van der Waals surface area contributed by atoms with Gasteiger partial charge in [0.25, 0.3) is 5.78 Å². The molecule has 0 amide bonds. The molecule has 1 N–H and O–H groups in total. The van der Waals surface area contributed by atoms with E-state index in [4.69, 9.17) is 5.26 Å². The fourth-order valence-electron chi connectivity index (χ4n) is 2.26. The molecule has 2 unspecified atom stereocenters. The van der Waals surface area contributed by atoms with E-state index in [1.165, 1.54) is 12.3 Å². The lowest BCUT2D eigenvalue weighted by atomic mass is 9.91. The Morgan fingerprint density at radius 1 is 1.67 bits per heavy atom. The molecule has 1 aliphatic carbocycles. The number of thioether (sulfide) groups is 1. The van der Waals surface area contributed by atoms with Crippen LogP contribution in [-0.2, 0) is 9.59 Å². The maximum absolute atomic E-state index is 12.4. The van der Waals surface area contributed by atoms with Crippen molar-refractivity contribution >= 4 is 36.1 Å². The number of nitrogens with one attached hydrogen (secondary N) is 1. The fourth-order valence-corrected chi connectivity index (χ4v) is 3.57. The summed E-state index contributed by atoms with van der Waals surface area (Å²) in [5.74, 6) is -0.926. The highest BCUT2D eigenvalue weighted by atomic mass is 32.2. The van der Waals surface area contributed by atoms with Gasteiger partial charge in [0, 0.05) is 21.9 Å². The van der Waals surface area contributed by atoms with E-state index in [-0.39, 0.29) is 17.3 Å². The highest BCUT2D eigenvalue weighted by molar-refractivity contribution is 8.12. The van der Waals surface area contributed by atoms with Gasteiger partial charge in [-0.2, -0.15) is 5.26 Å². The number of fused-ring (bicyclic) bond motifs is 1. The Morgan fingerprint density at radius 3 is 2.94 bits per heavy atom. The molecule has 4 nitrogen and oxygen atoms in total. The normalized spacial score (nSPS) is 25.5. The van der Waals surface area contributed by atoms with Crippen molar-refractivity contribution in [1.82, 2.24) is 4.72 Å². The molecule has 0 spiro atoms. The molecule has 0 radical (unpaired) electrons. The van der Waals surface area contributed by atoms with E-state index in [9.17, 15) is 9.59 Å². The first-order valence-electron chi connectivity index (χ1n) is 5.63. The van der Waals surface area contributed by atoms with Crippen molar-refractivity contribution in [3.8, 4) is 6.07 Å². The summed E-state index contributed by atoms with van der Waals surface area (Å²) in [5.41, 5.74) is 0.604. The number of nitriles is 1. The zero-order valence-corrected chi connectivity index (χ0v) is 11.5. The summed E-state index contributed by atoms with van der Waals surface area (Å²) in [6.45, 7) is 2.03. The lowest BCUT2D eigenvalue weighted by Gasteiger charge is -2.13. The molecule has 2 aliphatic rings. The lowest BCUT2D eigenvalue weighted by Crippen LogP contribution is -2.19. The second kappa shape index (κ2) is 5.21. The number of hydrogen-bond donors (Lipinski definition) is 2. The zero-order chi connectivity index (χ0) is 13.3. The van der Waals surface area contributed by atoms with Crippen molar-refractivity contribution in [2.24, 2.45) is 5.92 Å². The quantitative estimate of drug-likeness (QED) is 0.201. The SMILES string of the molecule is CCC1CC2SC2=C1C(=O)/C(=C\NS)C(=O)C#N. The van der Waals surface area contributed by atoms with Gasteiger partial charge in [0.15, 0.2) is 5.78 Å². The Balaban J connectivity index is 2.31. The van der Waals surface area contributed by atoms with Crippen LogP contribution in [0.25, 0.3) is 0 Å². The summed E-state index contributed by atoms with van der Waals surface area (Å²) in [5, 5.41) is 9.11. The highest BCUT2D eigenvalue weighted by Crippen LogP contribution is 2.59.